The first kappa shape index (κ1) is 31.7. The fourth-order valence-corrected chi connectivity index (χ4v) is 9.04. The van der Waals surface area contributed by atoms with Crippen molar-refractivity contribution in [3.8, 4) is 39.9 Å². The maximum Gasteiger partial charge on any atom is 0.167 e. The molecule has 4 aromatic heterocycles. The van der Waals surface area contributed by atoms with E-state index in [0.717, 1.165) is 72.7 Å². The molecule has 0 spiro atoms. The Hall–Kier alpha value is -7.57. The summed E-state index contributed by atoms with van der Waals surface area (Å²) in [5.74, 6) is 1.75. The number of benzene rings is 7. The summed E-state index contributed by atoms with van der Waals surface area (Å²) in [5, 5.41) is 6.76. The first-order valence-corrected chi connectivity index (χ1v) is 19.4. The molecule has 0 saturated heterocycles. The number of hydrogen-bond acceptors (Lipinski definition) is 4. The SMILES string of the molecule is C1=CCC(n2c3ccccc3c3cccc(-c4nc(-c5cccc6c5oc5ccccc56)nc(-c5cccc6c7ccccc7n(-c7ccccc7)c56)n4)c32)C=C1. The Labute approximate surface area is 327 Å². The lowest BCUT2D eigenvalue weighted by Crippen LogP contribution is -2.08. The van der Waals surface area contributed by atoms with Gasteiger partial charge in [0, 0.05) is 54.6 Å². The molecule has 4 heterocycles. The summed E-state index contributed by atoms with van der Waals surface area (Å²) in [5.41, 5.74) is 9.79. The van der Waals surface area contributed by atoms with Gasteiger partial charge in [-0.3, -0.25) is 0 Å². The smallest absolute Gasteiger partial charge is 0.167 e. The van der Waals surface area contributed by atoms with E-state index >= 15 is 0 Å². The third-order valence-corrected chi connectivity index (χ3v) is 11.5. The van der Waals surface area contributed by atoms with E-state index < -0.39 is 0 Å². The van der Waals surface area contributed by atoms with Crippen molar-refractivity contribution in [3.63, 3.8) is 0 Å². The predicted molar refractivity (Wildman–Crippen MR) is 233 cm³/mol. The zero-order valence-corrected chi connectivity index (χ0v) is 30.7. The highest BCUT2D eigenvalue weighted by Crippen LogP contribution is 2.42. The quantitative estimate of drug-likeness (QED) is 0.177. The molecule has 6 heteroatoms. The molecule has 0 fully saturated rings. The molecular formula is C51H33N5O. The molecule has 1 unspecified atom stereocenters. The standard InChI is InChI=1S/C51H33N5O/c1-3-16-32(17-4-1)55-43-29-10-7-20-34(43)37-23-13-26-40(46(37)55)49-52-50(54-51(53-49)42-28-15-25-39-36-22-9-12-31-45(36)57-48(39)42)41-27-14-24-38-35-21-8-11-30-44(35)56(47(38)41)33-18-5-2-6-19-33/h1-18,20-31,33H,19H2. The summed E-state index contributed by atoms with van der Waals surface area (Å²) >= 11 is 0. The van der Waals surface area contributed by atoms with Gasteiger partial charge < -0.3 is 13.6 Å². The third kappa shape index (κ3) is 4.80. The maximum absolute atomic E-state index is 6.60. The number of furan rings is 1. The van der Waals surface area contributed by atoms with Crippen molar-refractivity contribution in [2.24, 2.45) is 0 Å². The maximum atomic E-state index is 6.60. The topological polar surface area (TPSA) is 61.7 Å². The van der Waals surface area contributed by atoms with Crippen molar-refractivity contribution in [2.75, 3.05) is 0 Å². The molecule has 12 rings (SSSR count). The second kappa shape index (κ2) is 12.5. The van der Waals surface area contributed by atoms with Crippen molar-refractivity contribution < 1.29 is 4.42 Å². The molecule has 0 bridgehead atoms. The molecule has 0 saturated carbocycles. The van der Waals surface area contributed by atoms with Crippen LogP contribution in [0.2, 0.25) is 0 Å². The normalized spacial score (nSPS) is 14.3. The third-order valence-electron chi connectivity index (χ3n) is 11.5. The zero-order valence-electron chi connectivity index (χ0n) is 30.7. The summed E-state index contributed by atoms with van der Waals surface area (Å²) in [6.45, 7) is 0. The summed E-state index contributed by atoms with van der Waals surface area (Å²) in [4.78, 5) is 16.3. The van der Waals surface area contributed by atoms with Gasteiger partial charge in [0.2, 0.25) is 0 Å². The molecule has 7 aromatic carbocycles. The summed E-state index contributed by atoms with van der Waals surface area (Å²) < 4.78 is 11.4. The van der Waals surface area contributed by atoms with Crippen molar-refractivity contribution >= 4 is 65.6 Å². The van der Waals surface area contributed by atoms with Crippen LogP contribution in [0.15, 0.2) is 186 Å². The fraction of sp³-hybridized carbons (Fsp3) is 0.0392. The highest BCUT2D eigenvalue weighted by atomic mass is 16.3. The fourth-order valence-electron chi connectivity index (χ4n) is 9.04. The second-order valence-corrected chi connectivity index (χ2v) is 14.7. The number of para-hydroxylation sites is 7. The van der Waals surface area contributed by atoms with Crippen molar-refractivity contribution in [2.45, 2.75) is 12.5 Å². The number of allylic oxidation sites excluding steroid dienone is 4. The van der Waals surface area contributed by atoms with Crippen LogP contribution >= 0.6 is 0 Å². The van der Waals surface area contributed by atoms with Gasteiger partial charge in [0.15, 0.2) is 17.5 Å². The van der Waals surface area contributed by atoms with E-state index in [1.165, 1.54) is 21.7 Å². The van der Waals surface area contributed by atoms with Gasteiger partial charge in [-0.05, 0) is 55.0 Å². The monoisotopic (exact) mass is 731 g/mol. The largest absolute Gasteiger partial charge is 0.455 e. The van der Waals surface area contributed by atoms with Crippen LogP contribution in [0.1, 0.15) is 12.5 Å². The highest BCUT2D eigenvalue weighted by molar-refractivity contribution is 6.15. The average molecular weight is 732 g/mol. The van der Waals surface area contributed by atoms with Crippen molar-refractivity contribution in [1.82, 2.24) is 24.1 Å². The summed E-state index contributed by atoms with van der Waals surface area (Å²) in [6.07, 6.45) is 9.71. The molecule has 57 heavy (non-hydrogen) atoms. The van der Waals surface area contributed by atoms with Gasteiger partial charge in [0.05, 0.1) is 28.2 Å². The van der Waals surface area contributed by atoms with E-state index in [1.54, 1.807) is 0 Å². The molecule has 11 aromatic rings. The van der Waals surface area contributed by atoms with E-state index in [9.17, 15) is 0 Å². The minimum atomic E-state index is 0.138. The first-order valence-electron chi connectivity index (χ1n) is 19.4. The average Bonchev–Trinajstić information content (AvgIpc) is 3.95. The minimum absolute atomic E-state index is 0.138. The summed E-state index contributed by atoms with van der Waals surface area (Å²) in [7, 11) is 0. The molecule has 0 N–H and O–H groups in total. The van der Waals surface area contributed by atoms with Crippen LogP contribution in [-0.4, -0.2) is 24.1 Å². The Bertz CT molecular complexity index is 3460. The van der Waals surface area contributed by atoms with Crippen molar-refractivity contribution in [3.05, 3.63) is 182 Å². The summed E-state index contributed by atoms with van der Waals surface area (Å²) in [6, 6.07) is 55.3. The van der Waals surface area contributed by atoms with Crippen LogP contribution in [0, 0.1) is 0 Å². The van der Waals surface area contributed by atoms with Gasteiger partial charge in [-0.25, -0.2) is 15.0 Å². The molecular weight excluding hydrogens is 699 g/mol. The van der Waals surface area contributed by atoms with E-state index in [4.69, 9.17) is 19.4 Å². The van der Waals surface area contributed by atoms with Gasteiger partial charge in [-0.15, -0.1) is 0 Å². The number of hydrogen-bond donors (Lipinski definition) is 0. The molecule has 6 nitrogen and oxygen atoms in total. The Balaban J connectivity index is 1.20. The first-order chi connectivity index (χ1) is 28.3. The van der Waals surface area contributed by atoms with Crippen LogP contribution in [0.25, 0.3) is 105 Å². The molecule has 0 amide bonds. The van der Waals surface area contributed by atoms with Crippen LogP contribution in [0.5, 0.6) is 0 Å². The van der Waals surface area contributed by atoms with Crippen LogP contribution in [0.3, 0.4) is 0 Å². The van der Waals surface area contributed by atoms with Gasteiger partial charge in [-0.1, -0.05) is 133 Å². The molecule has 1 aliphatic carbocycles. The van der Waals surface area contributed by atoms with E-state index in [-0.39, 0.29) is 6.04 Å². The van der Waals surface area contributed by atoms with Crippen molar-refractivity contribution in [1.29, 1.82) is 0 Å². The van der Waals surface area contributed by atoms with Crippen LogP contribution in [0.4, 0.5) is 0 Å². The van der Waals surface area contributed by atoms with Gasteiger partial charge >= 0.3 is 0 Å². The lowest BCUT2D eigenvalue weighted by atomic mass is 10.1. The van der Waals surface area contributed by atoms with E-state index in [2.05, 4.69) is 173 Å². The Kier molecular flexibility index (Phi) is 6.95. The Morgan fingerprint density at radius 1 is 0.456 bits per heavy atom. The number of rotatable bonds is 5. The van der Waals surface area contributed by atoms with Gasteiger partial charge in [-0.2, -0.15) is 0 Å². The minimum Gasteiger partial charge on any atom is -0.455 e. The lowest BCUT2D eigenvalue weighted by Gasteiger charge is -2.20. The number of aromatic nitrogens is 5. The number of fused-ring (bicyclic) bond motifs is 9. The molecule has 1 atom stereocenters. The number of nitrogens with zero attached hydrogens (tertiary/aromatic N) is 5. The van der Waals surface area contributed by atoms with E-state index in [0.29, 0.717) is 17.5 Å². The van der Waals surface area contributed by atoms with Crippen LogP contribution in [-0.2, 0) is 0 Å². The molecule has 0 radical (unpaired) electrons. The Morgan fingerprint density at radius 2 is 1.02 bits per heavy atom. The molecule has 0 aliphatic heterocycles. The zero-order chi connectivity index (χ0) is 37.5. The highest BCUT2D eigenvalue weighted by Gasteiger charge is 2.25. The lowest BCUT2D eigenvalue weighted by molar-refractivity contribution is 0.648. The van der Waals surface area contributed by atoms with Gasteiger partial charge in [0.25, 0.3) is 0 Å². The molecule has 268 valence electrons. The predicted octanol–water partition coefficient (Wildman–Crippen LogP) is 13.0. The second-order valence-electron chi connectivity index (χ2n) is 14.7. The van der Waals surface area contributed by atoms with Gasteiger partial charge in [0.1, 0.15) is 11.2 Å². The van der Waals surface area contributed by atoms with Crippen LogP contribution < -0.4 is 0 Å². The molecule has 1 aliphatic rings. The Morgan fingerprint density at radius 3 is 1.75 bits per heavy atom. The van der Waals surface area contributed by atoms with E-state index in [1.807, 2.05) is 18.2 Å².